The van der Waals surface area contributed by atoms with Gasteiger partial charge in [-0.2, -0.15) is 5.10 Å². The molecule has 3 rings (SSSR count). The number of H-pyrrole nitrogens is 1. The van der Waals surface area contributed by atoms with Gasteiger partial charge in [0, 0.05) is 12.2 Å². The average molecular weight is 430 g/mol. The number of para-hydroxylation sites is 1. The fourth-order valence-corrected chi connectivity index (χ4v) is 3.56. The number of allylic oxidation sites excluding steroid dienone is 2. The fraction of sp³-hybridized carbons (Fsp3) is 0.300. The number of hydrogen-bond donors (Lipinski definition) is 4. The Hall–Kier alpha value is -2.78. The maximum absolute atomic E-state index is 12.2. The molecule has 0 unspecified atom stereocenters. The minimum Gasteiger partial charge on any atom is -0.494 e. The molecule has 1 aliphatic carbocycles. The van der Waals surface area contributed by atoms with Gasteiger partial charge in [0.15, 0.2) is 9.88 Å². The summed E-state index contributed by atoms with van der Waals surface area (Å²) in [6, 6.07) is 9.38. The summed E-state index contributed by atoms with van der Waals surface area (Å²) in [4.78, 5) is 14.8. The molecule has 1 aromatic carbocycles. The SMILES string of the molecule is O=c1[nH]c(=S)n(CCC2=CCCCC2)c(O)c1C=NNC(=S)Nc1ccccc1. The van der Waals surface area contributed by atoms with Crippen molar-refractivity contribution in [3.63, 3.8) is 0 Å². The van der Waals surface area contributed by atoms with E-state index in [0.717, 1.165) is 24.9 Å². The van der Waals surface area contributed by atoms with E-state index in [1.165, 1.54) is 29.2 Å². The van der Waals surface area contributed by atoms with Crippen LogP contribution in [0.3, 0.4) is 0 Å². The van der Waals surface area contributed by atoms with E-state index in [-0.39, 0.29) is 21.3 Å². The second-order valence-electron chi connectivity index (χ2n) is 6.70. The van der Waals surface area contributed by atoms with Crippen molar-refractivity contribution < 1.29 is 5.11 Å². The van der Waals surface area contributed by atoms with Crippen LogP contribution >= 0.6 is 24.4 Å². The number of hydrogen-bond acceptors (Lipinski definition) is 5. The lowest BCUT2D eigenvalue weighted by Gasteiger charge is -2.15. The van der Waals surface area contributed by atoms with Gasteiger partial charge in [-0.25, -0.2) is 0 Å². The van der Waals surface area contributed by atoms with E-state index in [2.05, 4.69) is 26.9 Å². The molecule has 0 amide bonds. The van der Waals surface area contributed by atoms with E-state index in [9.17, 15) is 9.90 Å². The van der Waals surface area contributed by atoms with Gasteiger partial charge >= 0.3 is 0 Å². The molecule has 1 aliphatic rings. The molecule has 0 spiro atoms. The third kappa shape index (κ3) is 5.85. The Morgan fingerprint density at radius 3 is 2.83 bits per heavy atom. The number of hydrazone groups is 1. The van der Waals surface area contributed by atoms with Gasteiger partial charge in [0.2, 0.25) is 5.88 Å². The number of aromatic amines is 1. The molecule has 29 heavy (non-hydrogen) atoms. The maximum atomic E-state index is 12.2. The van der Waals surface area contributed by atoms with Crippen LogP contribution in [0.25, 0.3) is 0 Å². The molecule has 4 N–H and O–H groups in total. The molecule has 152 valence electrons. The Kier molecular flexibility index (Phi) is 7.31. The zero-order chi connectivity index (χ0) is 20.6. The van der Waals surface area contributed by atoms with Crippen molar-refractivity contribution in [2.24, 2.45) is 5.10 Å². The van der Waals surface area contributed by atoms with Crippen LogP contribution in [0.1, 0.15) is 37.7 Å². The van der Waals surface area contributed by atoms with Gasteiger partial charge < -0.3 is 10.4 Å². The van der Waals surface area contributed by atoms with E-state index in [1.54, 1.807) is 0 Å². The van der Waals surface area contributed by atoms with Gasteiger partial charge in [-0.1, -0.05) is 29.8 Å². The molecule has 0 fully saturated rings. The highest BCUT2D eigenvalue weighted by atomic mass is 32.1. The number of rotatable bonds is 6. The van der Waals surface area contributed by atoms with Crippen molar-refractivity contribution >= 4 is 41.5 Å². The van der Waals surface area contributed by atoms with Crippen LogP contribution in [0, 0.1) is 4.77 Å². The van der Waals surface area contributed by atoms with Crippen molar-refractivity contribution in [3.05, 3.63) is 62.7 Å². The Morgan fingerprint density at radius 2 is 2.10 bits per heavy atom. The van der Waals surface area contributed by atoms with Crippen LogP contribution in [-0.4, -0.2) is 26.0 Å². The van der Waals surface area contributed by atoms with Crippen LogP contribution in [0.4, 0.5) is 5.69 Å². The zero-order valence-electron chi connectivity index (χ0n) is 15.9. The molecule has 9 heteroatoms. The normalized spacial score (nSPS) is 13.9. The molecule has 2 aromatic rings. The highest BCUT2D eigenvalue weighted by Crippen LogP contribution is 2.22. The number of anilines is 1. The molecule has 7 nitrogen and oxygen atoms in total. The Morgan fingerprint density at radius 1 is 1.31 bits per heavy atom. The minimum atomic E-state index is -0.506. The molecular formula is C20H23N5O2S2. The van der Waals surface area contributed by atoms with Crippen molar-refractivity contribution in [2.45, 2.75) is 38.6 Å². The number of aromatic hydroxyl groups is 1. The second kappa shape index (κ2) is 10.1. The molecule has 1 aromatic heterocycles. The van der Waals surface area contributed by atoms with Crippen LogP contribution < -0.4 is 16.3 Å². The molecule has 0 atom stereocenters. The van der Waals surface area contributed by atoms with Crippen LogP contribution in [0.15, 0.2) is 51.9 Å². The molecule has 0 aliphatic heterocycles. The summed E-state index contributed by atoms with van der Waals surface area (Å²) in [5, 5.41) is 17.8. The summed E-state index contributed by atoms with van der Waals surface area (Å²) in [5.74, 6) is -0.206. The summed E-state index contributed by atoms with van der Waals surface area (Å²) in [5.41, 5.74) is 4.32. The van der Waals surface area contributed by atoms with Crippen LogP contribution in [0.5, 0.6) is 5.88 Å². The van der Waals surface area contributed by atoms with Gasteiger partial charge in [-0.05, 0) is 68.7 Å². The zero-order valence-corrected chi connectivity index (χ0v) is 17.5. The van der Waals surface area contributed by atoms with E-state index in [0.29, 0.717) is 6.54 Å². The number of thiocarbonyl (C=S) groups is 1. The first kappa shape index (κ1) is 20.9. The van der Waals surface area contributed by atoms with Crippen molar-refractivity contribution in [3.8, 4) is 5.88 Å². The van der Waals surface area contributed by atoms with Crippen molar-refractivity contribution in [2.75, 3.05) is 5.32 Å². The Labute approximate surface area is 179 Å². The monoisotopic (exact) mass is 429 g/mol. The van der Waals surface area contributed by atoms with Crippen LogP contribution in [0.2, 0.25) is 0 Å². The summed E-state index contributed by atoms with van der Waals surface area (Å²) in [6.45, 7) is 0.496. The van der Waals surface area contributed by atoms with Gasteiger partial charge in [0.1, 0.15) is 5.56 Å². The van der Waals surface area contributed by atoms with Crippen LogP contribution in [-0.2, 0) is 6.54 Å². The molecule has 0 bridgehead atoms. The second-order valence-corrected chi connectivity index (χ2v) is 7.49. The summed E-state index contributed by atoms with van der Waals surface area (Å²) in [7, 11) is 0. The average Bonchev–Trinajstić information content (AvgIpc) is 2.71. The number of aromatic nitrogens is 2. The lowest BCUT2D eigenvalue weighted by molar-refractivity contribution is 0.402. The number of nitrogens with one attached hydrogen (secondary N) is 3. The molecule has 0 radical (unpaired) electrons. The van der Waals surface area contributed by atoms with Gasteiger partial charge in [0.05, 0.1) is 6.21 Å². The summed E-state index contributed by atoms with van der Waals surface area (Å²) in [6.07, 6.45) is 8.85. The minimum absolute atomic E-state index is 0.0197. The van der Waals surface area contributed by atoms with Crippen molar-refractivity contribution in [1.29, 1.82) is 0 Å². The predicted octanol–water partition coefficient (Wildman–Crippen LogP) is 3.82. The molecular weight excluding hydrogens is 406 g/mol. The predicted molar refractivity (Wildman–Crippen MR) is 122 cm³/mol. The van der Waals surface area contributed by atoms with Gasteiger partial charge in [-0.15, -0.1) is 0 Å². The first-order valence-corrected chi connectivity index (χ1v) is 10.3. The van der Waals surface area contributed by atoms with E-state index in [1.807, 2.05) is 30.3 Å². The lowest BCUT2D eigenvalue weighted by Crippen LogP contribution is -2.25. The maximum Gasteiger partial charge on any atom is 0.264 e. The Bertz CT molecular complexity index is 1040. The quantitative estimate of drug-likeness (QED) is 0.241. The highest BCUT2D eigenvalue weighted by Gasteiger charge is 2.12. The molecule has 0 saturated carbocycles. The van der Waals surface area contributed by atoms with Crippen molar-refractivity contribution in [1.82, 2.24) is 15.0 Å². The fourth-order valence-electron chi connectivity index (χ4n) is 3.12. The lowest BCUT2D eigenvalue weighted by atomic mass is 9.97. The topological polar surface area (TPSA) is 94.4 Å². The number of benzene rings is 1. The van der Waals surface area contributed by atoms with E-state index < -0.39 is 5.56 Å². The third-order valence-electron chi connectivity index (χ3n) is 4.64. The van der Waals surface area contributed by atoms with E-state index >= 15 is 0 Å². The Balaban J connectivity index is 1.69. The standard InChI is InChI=1S/C20H23N5O2S2/c26-17-16(13-21-24-19(28)22-15-9-5-2-6-10-15)18(27)25(20(29)23-17)12-11-14-7-3-1-4-8-14/h2,5-7,9-10,13,27H,1,3-4,8,11-12H2,(H2,22,24,28)(H,23,26,29). The number of nitrogens with zero attached hydrogens (tertiary/aromatic N) is 2. The molecule has 0 saturated heterocycles. The smallest absolute Gasteiger partial charge is 0.264 e. The summed E-state index contributed by atoms with van der Waals surface area (Å²) < 4.78 is 1.71. The first-order valence-electron chi connectivity index (χ1n) is 9.43. The largest absolute Gasteiger partial charge is 0.494 e. The molecule has 1 heterocycles. The van der Waals surface area contributed by atoms with E-state index in [4.69, 9.17) is 24.4 Å². The highest BCUT2D eigenvalue weighted by molar-refractivity contribution is 7.80. The third-order valence-corrected chi connectivity index (χ3v) is 5.16. The van der Waals surface area contributed by atoms with Gasteiger partial charge in [0.25, 0.3) is 5.56 Å². The first-order chi connectivity index (χ1) is 14.0. The summed E-state index contributed by atoms with van der Waals surface area (Å²) >= 11 is 10.4. The van der Waals surface area contributed by atoms with Gasteiger partial charge in [-0.3, -0.25) is 19.8 Å².